The van der Waals surface area contributed by atoms with Gasteiger partial charge in [0.05, 0.1) is 6.61 Å². The minimum atomic E-state index is -0.565. The normalized spacial score (nSPS) is 11.2. The molecule has 0 spiro atoms. The number of anilines is 1. The van der Waals surface area contributed by atoms with Gasteiger partial charge >= 0.3 is 5.97 Å². The fourth-order valence-electron chi connectivity index (χ4n) is 2.02. The molecule has 0 aliphatic heterocycles. The van der Waals surface area contributed by atoms with E-state index in [1.54, 1.807) is 6.08 Å². The number of ether oxygens (including phenoxy) is 1. The monoisotopic (exact) mass is 300 g/mol. The van der Waals surface area contributed by atoms with Crippen LogP contribution in [0.5, 0.6) is 0 Å². The molecule has 1 aromatic rings. The van der Waals surface area contributed by atoms with Crippen molar-refractivity contribution in [2.24, 2.45) is 5.92 Å². The lowest BCUT2D eigenvalue weighted by Crippen LogP contribution is -2.21. The number of carbonyl (C=O) groups is 1. The summed E-state index contributed by atoms with van der Waals surface area (Å²) in [4.78, 5) is 14.1. The van der Waals surface area contributed by atoms with Gasteiger partial charge in [-0.2, -0.15) is 5.26 Å². The first-order valence-electron chi connectivity index (χ1n) is 7.65. The van der Waals surface area contributed by atoms with E-state index in [1.165, 1.54) is 0 Å². The van der Waals surface area contributed by atoms with Crippen LogP contribution in [0.1, 0.15) is 33.3 Å². The molecule has 0 fully saturated rings. The first kappa shape index (κ1) is 17.8. The van der Waals surface area contributed by atoms with Gasteiger partial charge in [-0.25, -0.2) is 4.79 Å². The number of rotatable bonds is 7. The zero-order valence-corrected chi connectivity index (χ0v) is 13.8. The quantitative estimate of drug-likeness (QED) is 0.438. The number of nitriles is 1. The van der Waals surface area contributed by atoms with Gasteiger partial charge in [-0.1, -0.05) is 26.0 Å². The summed E-state index contributed by atoms with van der Waals surface area (Å²) in [6, 6.07) is 9.72. The van der Waals surface area contributed by atoms with Crippen LogP contribution in [-0.4, -0.2) is 25.7 Å². The van der Waals surface area contributed by atoms with Gasteiger partial charge in [-0.3, -0.25) is 0 Å². The predicted octanol–water partition coefficient (Wildman–Crippen LogP) is 3.64. The Labute approximate surface area is 133 Å². The standard InChI is InChI=1S/C18H24N2O2/c1-5-20(6-2)17-9-7-8-15(11-17)10-16(12-19)18(21)22-13-14(3)4/h7-11,14H,5-6,13H2,1-4H3. The highest BCUT2D eigenvalue weighted by Gasteiger charge is 2.12. The molecular formula is C18H24N2O2. The molecule has 0 unspecified atom stereocenters. The third-order valence-corrected chi connectivity index (χ3v) is 3.20. The van der Waals surface area contributed by atoms with Gasteiger partial charge < -0.3 is 9.64 Å². The summed E-state index contributed by atoms with van der Waals surface area (Å²) >= 11 is 0. The molecule has 118 valence electrons. The van der Waals surface area contributed by atoms with Crippen molar-refractivity contribution in [3.05, 3.63) is 35.4 Å². The third kappa shape index (κ3) is 5.25. The highest BCUT2D eigenvalue weighted by molar-refractivity contribution is 5.98. The zero-order chi connectivity index (χ0) is 16.5. The largest absolute Gasteiger partial charge is 0.461 e. The van der Waals surface area contributed by atoms with Crippen molar-refractivity contribution in [3.63, 3.8) is 0 Å². The maximum absolute atomic E-state index is 11.9. The van der Waals surface area contributed by atoms with Crippen molar-refractivity contribution in [3.8, 4) is 6.07 Å². The fourth-order valence-corrected chi connectivity index (χ4v) is 2.02. The first-order chi connectivity index (χ1) is 10.5. The van der Waals surface area contributed by atoms with Gasteiger partial charge in [0.15, 0.2) is 0 Å². The molecule has 0 amide bonds. The average molecular weight is 300 g/mol. The van der Waals surface area contributed by atoms with E-state index in [9.17, 15) is 4.79 Å². The number of carbonyl (C=O) groups excluding carboxylic acids is 1. The molecule has 4 nitrogen and oxygen atoms in total. The molecular weight excluding hydrogens is 276 g/mol. The van der Waals surface area contributed by atoms with Gasteiger partial charge in [-0.15, -0.1) is 0 Å². The predicted molar refractivity (Wildman–Crippen MR) is 89.4 cm³/mol. The van der Waals surface area contributed by atoms with Crippen molar-refractivity contribution < 1.29 is 9.53 Å². The lowest BCUT2D eigenvalue weighted by Gasteiger charge is -2.21. The number of benzene rings is 1. The number of hydrogen-bond donors (Lipinski definition) is 0. The van der Waals surface area contributed by atoms with Crippen LogP contribution >= 0.6 is 0 Å². The molecule has 0 saturated heterocycles. The third-order valence-electron chi connectivity index (χ3n) is 3.20. The van der Waals surface area contributed by atoms with Crippen molar-refractivity contribution >= 4 is 17.7 Å². The summed E-state index contributed by atoms with van der Waals surface area (Å²) in [6.07, 6.45) is 1.58. The Kier molecular flexibility index (Phi) is 7.18. The number of hydrogen-bond acceptors (Lipinski definition) is 4. The van der Waals surface area contributed by atoms with Crippen LogP contribution in [0.2, 0.25) is 0 Å². The maximum Gasteiger partial charge on any atom is 0.348 e. The molecule has 0 radical (unpaired) electrons. The van der Waals surface area contributed by atoms with Gasteiger partial charge in [0, 0.05) is 18.8 Å². The summed E-state index contributed by atoms with van der Waals surface area (Å²) in [5, 5.41) is 9.16. The Morgan fingerprint density at radius 2 is 2.05 bits per heavy atom. The van der Waals surface area contributed by atoms with Crippen LogP contribution in [0, 0.1) is 17.2 Å². The van der Waals surface area contributed by atoms with E-state index in [-0.39, 0.29) is 11.5 Å². The molecule has 4 heteroatoms. The van der Waals surface area contributed by atoms with E-state index >= 15 is 0 Å². The van der Waals surface area contributed by atoms with Gasteiger partial charge in [0.25, 0.3) is 0 Å². The summed E-state index contributed by atoms with van der Waals surface area (Å²) in [6.45, 7) is 10.2. The highest BCUT2D eigenvalue weighted by Crippen LogP contribution is 2.18. The first-order valence-corrected chi connectivity index (χ1v) is 7.65. The van der Waals surface area contributed by atoms with Crippen molar-refractivity contribution in [2.75, 3.05) is 24.6 Å². The molecule has 0 saturated carbocycles. The van der Waals surface area contributed by atoms with Crippen LogP contribution in [0.4, 0.5) is 5.69 Å². The van der Waals surface area contributed by atoms with Crippen molar-refractivity contribution in [1.82, 2.24) is 0 Å². The van der Waals surface area contributed by atoms with Gasteiger partial charge in [0.1, 0.15) is 11.6 Å². The van der Waals surface area contributed by atoms with Crippen molar-refractivity contribution in [1.29, 1.82) is 5.26 Å². The van der Waals surface area contributed by atoms with E-state index in [0.717, 1.165) is 24.3 Å². The molecule has 1 rings (SSSR count). The summed E-state index contributed by atoms with van der Waals surface area (Å²) in [7, 11) is 0. The van der Waals surface area contributed by atoms with Crippen molar-refractivity contribution in [2.45, 2.75) is 27.7 Å². The molecule has 0 atom stereocenters. The Hall–Kier alpha value is -2.28. The Morgan fingerprint density at radius 1 is 1.36 bits per heavy atom. The second kappa shape index (κ2) is 8.89. The molecule has 0 bridgehead atoms. The maximum atomic E-state index is 11.9. The second-order valence-corrected chi connectivity index (χ2v) is 5.43. The van der Waals surface area contributed by atoms with E-state index in [1.807, 2.05) is 44.2 Å². The molecule has 0 N–H and O–H groups in total. The minimum absolute atomic E-state index is 0.0253. The van der Waals surface area contributed by atoms with E-state index in [0.29, 0.717) is 6.61 Å². The Bertz CT molecular complexity index is 567. The highest BCUT2D eigenvalue weighted by atomic mass is 16.5. The summed E-state index contributed by atoms with van der Waals surface area (Å²) in [5.41, 5.74) is 1.92. The summed E-state index contributed by atoms with van der Waals surface area (Å²) < 4.78 is 5.11. The van der Waals surface area contributed by atoms with Gasteiger partial charge in [-0.05, 0) is 43.5 Å². The minimum Gasteiger partial charge on any atom is -0.461 e. The molecule has 0 heterocycles. The van der Waals surface area contributed by atoms with E-state index < -0.39 is 5.97 Å². The smallest absolute Gasteiger partial charge is 0.348 e. The molecule has 22 heavy (non-hydrogen) atoms. The molecule has 1 aromatic carbocycles. The lowest BCUT2D eigenvalue weighted by atomic mass is 10.1. The lowest BCUT2D eigenvalue weighted by molar-refractivity contribution is -0.139. The Balaban J connectivity index is 2.96. The number of nitrogens with zero attached hydrogens (tertiary/aromatic N) is 2. The van der Waals surface area contributed by atoms with Gasteiger partial charge in [0.2, 0.25) is 0 Å². The SMILES string of the molecule is CCN(CC)c1cccc(C=C(C#N)C(=O)OCC(C)C)c1. The Morgan fingerprint density at radius 3 is 2.59 bits per heavy atom. The van der Waals surface area contributed by atoms with Crippen LogP contribution in [-0.2, 0) is 9.53 Å². The zero-order valence-electron chi connectivity index (χ0n) is 13.8. The molecule has 0 aromatic heterocycles. The summed E-state index contributed by atoms with van der Waals surface area (Å²) in [5.74, 6) is -0.320. The van der Waals surface area contributed by atoms with Crippen LogP contribution in [0.15, 0.2) is 29.8 Å². The fraction of sp³-hybridized carbons (Fsp3) is 0.444. The van der Waals surface area contributed by atoms with E-state index in [4.69, 9.17) is 10.00 Å². The van der Waals surface area contributed by atoms with Crippen LogP contribution < -0.4 is 4.90 Å². The molecule has 0 aliphatic carbocycles. The second-order valence-electron chi connectivity index (χ2n) is 5.43. The topological polar surface area (TPSA) is 53.3 Å². The molecule has 0 aliphatic rings. The van der Waals surface area contributed by atoms with E-state index in [2.05, 4.69) is 18.7 Å². The van der Waals surface area contributed by atoms with Crippen LogP contribution in [0.25, 0.3) is 6.08 Å². The number of esters is 1. The average Bonchev–Trinajstić information content (AvgIpc) is 2.52. The van der Waals surface area contributed by atoms with Crippen LogP contribution in [0.3, 0.4) is 0 Å².